The Balaban J connectivity index is 1.77. The Morgan fingerprint density at radius 2 is 2.27 bits per heavy atom. The quantitative estimate of drug-likeness (QED) is 0.810. The molecule has 22 heavy (non-hydrogen) atoms. The number of hydrogen-bond acceptors (Lipinski definition) is 5. The van der Waals surface area contributed by atoms with E-state index in [1.54, 1.807) is 0 Å². The summed E-state index contributed by atoms with van der Waals surface area (Å²) >= 11 is 1.42. The van der Waals surface area contributed by atoms with Gasteiger partial charge in [-0.25, -0.2) is 4.98 Å². The molecule has 0 spiro atoms. The number of anilines is 1. The van der Waals surface area contributed by atoms with Crippen molar-refractivity contribution in [3.63, 3.8) is 0 Å². The number of alkyl halides is 3. The van der Waals surface area contributed by atoms with Crippen molar-refractivity contribution in [2.75, 3.05) is 31.6 Å². The molecule has 0 aliphatic carbocycles. The molecule has 1 aromatic heterocycles. The molecule has 1 aliphatic heterocycles. The first-order valence-electron chi connectivity index (χ1n) is 7.02. The Labute approximate surface area is 130 Å². The minimum Gasteiger partial charge on any atom is -0.372 e. The van der Waals surface area contributed by atoms with Gasteiger partial charge in [0.05, 0.1) is 18.7 Å². The van der Waals surface area contributed by atoms with E-state index in [9.17, 15) is 18.0 Å². The van der Waals surface area contributed by atoms with Crippen LogP contribution >= 0.6 is 11.3 Å². The maximum absolute atomic E-state index is 11.9. The number of aromatic nitrogens is 1. The molecule has 1 aliphatic rings. The first-order valence-corrected chi connectivity index (χ1v) is 7.84. The highest BCUT2D eigenvalue weighted by Crippen LogP contribution is 2.28. The molecule has 0 atom stereocenters. The lowest BCUT2D eigenvalue weighted by atomic mass is 10.2. The van der Waals surface area contributed by atoms with Crippen molar-refractivity contribution >= 4 is 22.4 Å². The minimum absolute atomic E-state index is 0.124. The molecule has 2 rings (SSSR count). The molecule has 0 bridgehead atoms. The number of fused-ring (bicyclic) bond motifs is 1. The van der Waals surface area contributed by atoms with Gasteiger partial charge in [-0.1, -0.05) is 6.92 Å². The summed E-state index contributed by atoms with van der Waals surface area (Å²) in [7, 11) is 0. The van der Waals surface area contributed by atoms with Gasteiger partial charge >= 0.3 is 6.18 Å². The lowest BCUT2D eigenvalue weighted by molar-refractivity contribution is -0.174. The lowest BCUT2D eigenvalue weighted by Gasteiger charge is -2.23. The molecule has 0 radical (unpaired) electrons. The Bertz CT molecular complexity index is 519. The van der Waals surface area contributed by atoms with E-state index in [0.29, 0.717) is 5.13 Å². The highest BCUT2D eigenvalue weighted by Gasteiger charge is 2.27. The predicted molar refractivity (Wildman–Crippen MR) is 76.9 cm³/mol. The zero-order valence-corrected chi connectivity index (χ0v) is 13.0. The van der Waals surface area contributed by atoms with Crippen molar-refractivity contribution in [2.24, 2.45) is 0 Å². The second-order valence-corrected chi connectivity index (χ2v) is 6.06. The van der Waals surface area contributed by atoms with Gasteiger partial charge in [0.1, 0.15) is 6.61 Å². The summed E-state index contributed by atoms with van der Waals surface area (Å²) in [5.74, 6) is -0.388. The third-order valence-corrected chi connectivity index (χ3v) is 4.24. The normalized spacial score (nSPS) is 15.6. The first-order chi connectivity index (χ1) is 10.4. The molecule has 9 heteroatoms. The third-order valence-electron chi connectivity index (χ3n) is 3.24. The van der Waals surface area contributed by atoms with Crippen molar-refractivity contribution in [3.8, 4) is 0 Å². The number of nitrogens with one attached hydrogen (secondary N) is 1. The van der Waals surface area contributed by atoms with Crippen molar-refractivity contribution in [1.82, 2.24) is 9.88 Å². The molecule has 0 saturated carbocycles. The van der Waals surface area contributed by atoms with Crippen LogP contribution in [0.5, 0.6) is 0 Å². The molecular weight excluding hydrogens is 319 g/mol. The summed E-state index contributed by atoms with van der Waals surface area (Å²) in [5, 5.41) is 3.12. The second kappa shape index (κ2) is 7.38. The van der Waals surface area contributed by atoms with Gasteiger partial charge in [-0.2, -0.15) is 13.2 Å². The van der Waals surface area contributed by atoms with E-state index in [1.165, 1.54) is 11.3 Å². The van der Waals surface area contributed by atoms with Crippen molar-refractivity contribution < 1.29 is 22.7 Å². The monoisotopic (exact) mass is 337 g/mol. The standard InChI is InChI=1S/C13H18F3N3O2S/c1-2-19-5-3-9-10(7-19)22-12(17-9)18-11(20)4-6-21-8-13(14,15)16/h2-8H2,1H3,(H,17,18,20). The molecular formula is C13H18F3N3O2S. The summed E-state index contributed by atoms with van der Waals surface area (Å²) in [6, 6.07) is 0. The Kier molecular flexibility index (Phi) is 5.76. The summed E-state index contributed by atoms with van der Waals surface area (Å²) < 4.78 is 40.0. The van der Waals surface area contributed by atoms with E-state index in [4.69, 9.17) is 0 Å². The molecule has 0 aromatic carbocycles. The Morgan fingerprint density at radius 1 is 1.50 bits per heavy atom. The van der Waals surface area contributed by atoms with Gasteiger partial charge < -0.3 is 10.1 Å². The van der Waals surface area contributed by atoms with E-state index in [2.05, 4.69) is 26.9 Å². The number of nitrogens with zero attached hydrogens (tertiary/aromatic N) is 2. The molecule has 5 nitrogen and oxygen atoms in total. The number of thiazole rings is 1. The largest absolute Gasteiger partial charge is 0.411 e. The van der Waals surface area contributed by atoms with Crippen LogP contribution in [0, 0.1) is 0 Å². The van der Waals surface area contributed by atoms with Gasteiger partial charge in [-0.05, 0) is 6.54 Å². The van der Waals surface area contributed by atoms with Gasteiger partial charge in [0.2, 0.25) is 5.91 Å². The Morgan fingerprint density at radius 3 is 2.95 bits per heavy atom. The van der Waals surface area contributed by atoms with E-state index >= 15 is 0 Å². The van der Waals surface area contributed by atoms with Crippen molar-refractivity contribution in [3.05, 3.63) is 10.6 Å². The number of amides is 1. The van der Waals surface area contributed by atoms with Crippen LogP contribution in [0.2, 0.25) is 0 Å². The van der Waals surface area contributed by atoms with Gasteiger partial charge in [0.25, 0.3) is 0 Å². The van der Waals surface area contributed by atoms with E-state index in [1.807, 2.05) is 0 Å². The average molecular weight is 337 g/mol. The van der Waals surface area contributed by atoms with Crippen molar-refractivity contribution in [2.45, 2.75) is 32.5 Å². The fourth-order valence-corrected chi connectivity index (χ4v) is 3.17. The maximum Gasteiger partial charge on any atom is 0.411 e. The number of likely N-dealkylation sites (N-methyl/N-ethyl adjacent to an activating group) is 1. The number of halogens is 3. The average Bonchev–Trinajstić information content (AvgIpc) is 2.83. The summed E-state index contributed by atoms with van der Waals surface area (Å²) in [6.07, 6.45) is -3.64. The fourth-order valence-electron chi connectivity index (χ4n) is 2.11. The molecule has 1 aromatic rings. The molecule has 0 saturated heterocycles. The third kappa shape index (κ3) is 5.22. The highest BCUT2D eigenvalue weighted by atomic mass is 32.1. The zero-order chi connectivity index (χ0) is 16.2. The van der Waals surface area contributed by atoms with Crippen molar-refractivity contribution in [1.29, 1.82) is 0 Å². The van der Waals surface area contributed by atoms with Gasteiger partial charge in [0.15, 0.2) is 5.13 Å². The molecule has 0 unspecified atom stereocenters. The number of ether oxygens (including phenoxy) is 1. The summed E-state index contributed by atoms with van der Waals surface area (Å²) in [5.41, 5.74) is 0.998. The van der Waals surface area contributed by atoms with E-state index in [-0.39, 0.29) is 18.9 Å². The predicted octanol–water partition coefficient (Wildman–Crippen LogP) is 2.43. The smallest absolute Gasteiger partial charge is 0.372 e. The van der Waals surface area contributed by atoms with Gasteiger partial charge in [0, 0.05) is 24.4 Å². The van der Waals surface area contributed by atoms with E-state index in [0.717, 1.165) is 36.6 Å². The summed E-state index contributed by atoms with van der Waals surface area (Å²) in [6.45, 7) is 3.24. The van der Waals surface area contributed by atoms with Crippen LogP contribution in [0.1, 0.15) is 23.9 Å². The van der Waals surface area contributed by atoms with Gasteiger partial charge in [-0.15, -0.1) is 11.3 Å². The number of carbonyl (C=O) groups is 1. The molecule has 1 N–H and O–H groups in total. The fraction of sp³-hybridized carbons (Fsp3) is 0.692. The van der Waals surface area contributed by atoms with Gasteiger partial charge in [-0.3, -0.25) is 9.69 Å². The lowest BCUT2D eigenvalue weighted by Crippen LogP contribution is -2.29. The van der Waals surface area contributed by atoms with Crippen LogP contribution in [-0.4, -0.2) is 48.3 Å². The highest BCUT2D eigenvalue weighted by molar-refractivity contribution is 7.15. The SMILES string of the molecule is CCN1CCc2nc(NC(=O)CCOCC(F)(F)F)sc2C1. The minimum atomic E-state index is -4.37. The molecule has 0 fully saturated rings. The van der Waals surface area contributed by atoms with Crippen LogP contribution in [0.4, 0.5) is 18.3 Å². The van der Waals surface area contributed by atoms with Crippen LogP contribution < -0.4 is 5.32 Å². The maximum atomic E-state index is 11.9. The Hall–Kier alpha value is -1.19. The topological polar surface area (TPSA) is 54.5 Å². The van der Waals surface area contributed by atoms with Crippen LogP contribution in [0.15, 0.2) is 0 Å². The number of rotatable bonds is 6. The zero-order valence-electron chi connectivity index (χ0n) is 12.2. The molecule has 1 amide bonds. The second-order valence-electron chi connectivity index (χ2n) is 4.97. The number of hydrogen-bond donors (Lipinski definition) is 1. The summed E-state index contributed by atoms with van der Waals surface area (Å²) in [4.78, 5) is 19.4. The van der Waals surface area contributed by atoms with Crippen LogP contribution in [0.3, 0.4) is 0 Å². The van der Waals surface area contributed by atoms with Crippen LogP contribution in [0.25, 0.3) is 0 Å². The number of carbonyl (C=O) groups excluding carboxylic acids is 1. The van der Waals surface area contributed by atoms with Crippen LogP contribution in [-0.2, 0) is 22.5 Å². The molecule has 2 heterocycles. The first kappa shape index (κ1) is 17.2. The molecule has 124 valence electrons. The van der Waals surface area contributed by atoms with E-state index < -0.39 is 12.8 Å².